The van der Waals surface area contributed by atoms with E-state index < -0.39 is 0 Å². The summed E-state index contributed by atoms with van der Waals surface area (Å²) < 4.78 is 3.08. The average molecular weight is 315 g/mol. The van der Waals surface area contributed by atoms with Crippen LogP contribution in [0.2, 0.25) is 0 Å². The van der Waals surface area contributed by atoms with Crippen molar-refractivity contribution >= 4 is 22.5 Å². The monoisotopic (exact) mass is 315 g/mol. The van der Waals surface area contributed by atoms with Crippen molar-refractivity contribution in [2.75, 3.05) is 6.61 Å². The number of hydrogen-bond acceptors (Lipinski definition) is 5. The van der Waals surface area contributed by atoms with Gasteiger partial charge in [-0.2, -0.15) is 5.10 Å². The summed E-state index contributed by atoms with van der Waals surface area (Å²) in [6, 6.07) is 3.25. The average Bonchev–Trinajstić information content (AvgIpc) is 3.03. The van der Waals surface area contributed by atoms with Crippen LogP contribution < -0.4 is 10.9 Å². The van der Waals surface area contributed by atoms with Gasteiger partial charge in [-0.15, -0.1) is 0 Å². The number of aromatic nitrogens is 4. The summed E-state index contributed by atoms with van der Waals surface area (Å²) in [5.41, 5.74) is 1.14. The van der Waals surface area contributed by atoms with Crippen LogP contribution in [0, 0.1) is 0 Å². The number of aliphatic hydroxyl groups is 1. The molecule has 3 aromatic heterocycles. The minimum Gasteiger partial charge on any atom is -0.394 e. The van der Waals surface area contributed by atoms with Gasteiger partial charge < -0.3 is 15.0 Å². The highest BCUT2D eigenvalue weighted by atomic mass is 16.3. The quantitative estimate of drug-likeness (QED) is 0.686. The van der Waals surface area contributed by atoms with E-state index in [0.717, 1.165) is 0 Å². The van der Waals surface area contributed by atoms with Crippen LogP contribution in [0.3, 0.4) is 0 Å². The summed E-state index contributed by atoms with van der Waals surface area (Å²) in [5.74, 6) is -0.209. The Kier molecular flexibility index (Phi) is 4.07. The van der Waals surface area contributed by atoms with Crippen molar-refractivity contribution in [3.8, 4) is 0 Å². The maximum atomic E-state index is 12.5. The van der Waals surface area contributed by atoms with Crippen LogP contribution in [-0.2, 0) is 11.3 Å². The van der Waals surface area contributed by atoms with Crippen molar-refractivity contribution < 1.29 is 9.90 Å². The number of rotatable bonds is 5. The van der Waals surface area contributed by atoms with Crippen molar-refractivity contribution in [1.29, 1.82) is 0 Å². The molecule has 1 amide bonds. The summed E-state index contributed by atoms with van der Waals surface area (Å²) in [4.78, 5) is 28.4. The fourth-order valence-corrected chi connectivity index (χ4v) is 2.39. The van der Waals surface area contributed by atoms with Gasteiger partial charge in [0, 0.05) is 37.5 Å². The first-order valence-corrected chi connectivity index (χ1v) is 7.32. The Labute approximate surface area is 131 Å². The molecule has 0 saturated heterocycles. The van der Waals surface area contributed by atoms with E-state index >= 15 is 0 Å². The Morgan fingerprint density at radius 2 is 2.26 bits per heavy atom. The second-order valence-electron chi connectivity index (χ2n) is 5.37. The third-order valence-electron chi connectivity index (χ3n) is 3.62. The molecule has 120 valence electrons. The molecule has 0 unspecified atom stereocenters. The Balaban J connectivity index is 1.85. The fourth-order valence-electron chi connectivity index (χ4n) is 2.39. The predicted octanol–water partition coefficient (Wildman–Crippen LogP) is -0.0687. The third kappa shape index (κ3) is 2.93. The van der Waals surface area contributed by atoms with Gasteiger partial charge in [-0.25, -0.2) is 9.50 Å². The Hall–Kier alpha value is -2.74. The predicted molar refractivity (Wildman–Crippen MR) is 84.1 cm³/mol. The number of nitrogens with one attached hydrogen (secondary N) is 1. The maximum absolute atomic E-state index is 12.5. The van der Waals surface area contributed by atoms with Gasteiger partial charge in [-0.05, 0) is 13.0 Å². The van der Waals surface area contributed by atoms with Gasteiger partial charge in [0.15, 0.2) is 5.65 Å². The molecule has 0 aliphatic rings. The zero-order valence-corrected chi connectivity index (χ0v) is 12.6. The van der Waals surface area contributed by atoms with Crippen molar-refractivity contribution in [3.63, 3.8) is 0 Å². The number of fused-ring (bicyclic) bond motifs is 3. The summed E-state index contributed by atoms with van der Waals surface area (Å²) in [5, 5.41) is 16.2. The molecular formula is C15H17N5O3. The molecule has 3 aromatic rings. The Bertz CT molecular complexity index is 914. The molecule has 0 aliphatic carbocycles. The van der Waals surface area contributed by atoms with E-state index in [1.807, 2.05) is 0 Å². The second-order valence-corrected chi connectivity index (χ2v) is 5.37. The van der Waals surface area contributed by atoms with Crippen LogP contribution in [0.4, 0.5) is 0 Å². The van der Waals surface area contributed by atoms with Crippen molar-refractivity contribution in [2.24, 2.45) is 0 Å². The molecule has 8 heteroatoms. The van der Waals surface area contributed by atoms with E-state index in [4.69, 9.17) is 5.11 Å². The zero-order valence-electron chi connectivity index (χ0n) is 12.6. The summed E-state index contributed by atoms with van der Waals surface area (Å²) >= 11 is 0. The smallest absolute Gasteiger partial charge is 0.261 e. The van der Waals surface area contributed by atoms with Gasteiger partial charge in [-0.3, -0.25) is 9.59 Å². The van der Waals surface area contributed by atoms with E-state index in [-0.39, 0.29) is 37.1 Å². The first-order chi connectivity index (χ1) is 11.1. The van der Waals surface area contributed by atoms with E-state index in [1.54, 1.807) is 36.0 Å². The number of carbonyl (C=O) groups excluding carboxylic acids is 1. The lowest BCUT2D eigenvalue weighted by molar-refractivity contribution is -0.122. The van der Waals surface area contributed by atoms with E-state index in [9.17, 15) is 9.59 Å². The normalized spacial score (nSPS) is 12.6. The number of amides is 1. The molecule has 0 aromatic carbocycles. The molecule has 0 bridgehead atoms. The van der Waals surface area contributed by atoms with Gasteiger partial charge in [0.2, 0.25) is 5.91 Å². The van der Waals surface area contributed by atoms with Gasteiger partial charge in [-0.1, -0.05) is 0 Å². The lowest BCUT2D eigenvalue weighted by Crippen LogP contribution is -2.36. The van der Waals surface area contributed by atoms with Crippen LogP contribution in [0.1, 0.15) is 13.3 Å². The van der Waals surface area contributed by atoms with Crippen molar-refractivity contribution in [1.82, 2.24) is 24.5 Å². The minimum atomic E-state index is -0.298. The fraction of sp³-hybridized carbons (Fsp3) is 0.333. The van der Waals surface area contributed by atoms with Gasteiger partial charge in [0.05, 0.1) is 23.7 Å². The topological polar surface area (TPSA) is 102 Å². The van der Waals surface area contributed by atoms with Gasteiger partial charge in [0.25, 0.3) is 5.56 Å². The first kappa shape index (κ1) is 15.2. The zero-order chi connectivity index (χ0) is 16.4. The highest BCUT2D eigenvalue weighted by Gasteiger charge is 2.10. The molecule has 23 heavy (non-hydrogen) atoms. The second kappa shape index (κ2) is 6.17. The van der Waals surface area contributed by atoms with Crippen LogP contribution in [-0.4, -0.2) is 42.8 Å². The lowest BCUT2D eigenvalue weighted by Gasteiger charge is -2.11. The maximum Gasteiger partial charge on any atom is 0.261 e. The van der Waals surface area contributed by atoms with Crippen LogP contribution in [0.15, 0.2) is 35.5 Å². The van der Waals surface area contributed by atoms with Crippen molar-refractivity contribution in [2.45, 2.75) is 25.9 Å². The highest BCUT2D eigenvalue weighted by Crippen LogP contribution is 2.10. The Morgan fingerprint density at radius 1 is 1.43 bits per heavy atom. The van der Waals surface area contributed by atoms with Crippen LogP contribution in [0.25, 0.3) is 16.6 Å². The van der Waals surface area contributed by atoms with Crippen LogP contribution in [0.5, 0.6) is 0 Å². The molecule has 0 aliphatic heterocycles. The van der Waals surface area contributed by atoms with Crippen molar-refractivity contribution in [3.05, 3.63) is 41.1 Å². The largest absolute Gasteiger partial charge is 0.394 e. The summed E-state index contributed by atoms with van der Waals surface area (Å²) in [6.07, 6.45) is 4.96. The molecule has 1 atom stereocenters. The number of aryl methyl sites for hydroxylation is 1. The molecule has 3 rings (SSSR count). The molecule has 0 radical (unpaired) electrons. The Morgan fingerprint density at radius 3 is 3.04 bits per heavy atom. The lowest BCUT2D eigenvalue weighted by atomic mass is 10.3. The molecule has 0 fully saturated rings. The number of aliphatic hydroxyl groups excluding tert-OH is 1. The first-order valence-electron chi connectivity index (χ1n) is 7.32. The van der Waals surface area contributed by atoms with Crippen LogP contribution >= 0.6 is 0 Å². The number of pyridine rings is 1. The molecule has 2 N–H and O–H groups in total. The molecular weight excluding hydrogens is 298 g/mol. The SMILES string of the molecule is C[C@H](CO)NC(=O)CCn1ccc2c(cnc3ccnn32)c1=O. The van der Waals surface area contributed by atoms with E-state index in [1.165, 1.54) is 10.8 Å². The minimum absolute atomic E-state index is 0.118. The molecule has 8 nitrogen and oxygen atoms in total. The number of carbonyl (C=O) groups is 1. The summed E-state index contributed by atoms with van der Waals surface area (Å²) in [6.45, 7) is 1.85. The third-order valence-corrected chi connectivity index (χ3v) is 3.62. The summed E-state index contributed by atoms with van der Waals surface area (Å²) in [7, 11) is 0. The molecule has 0 spiro atoms. The highest BCUT2D eigenvalue weighted by molar-refractivity contribution is 5.79. The number of nitrogens with zero attached hydrogens (tertiary/aromatic N) is 4. The standard InChI is InChI=1S/C15H17N5O3/c1-10(9-21)18-14(22)4-7-19-6-3-12-11(15(19)23)8-16-13-2-5-17-20(12)13/h2-3,5-6,8,10,21H,4,7,9H2,1H3,(H,18,22)/t10-/m1/s1. The van der Waals surface area contributed by atoms with E-state index in [2.05, 4.69) is 15.4 Å². The molecule has 0 saturated carbocycles. The van der Waals surface area contributed by atoms with E-state index in [0.29, 0.717) is 16.6 Å². The molecule has 3 heterocycles. The van der Waals surface area contributed by atoms with Gasteiger partial charge >= 0.3 is 0 Å². The van der Waals surface area contributed by atoms with Gasteiger partial charge in [0.1, 0.15) is 0 Å². The number of hydrogen-bond donors (Lipinski definition) is 2.